The average molecular weight is 445 g/mol. The summed E-state index contributed by atoms with van der Waals surface area (Å²) in [4.78, 5) is 18.0. The van der Waals surface area contributed by atoms with Gasteiger partial charge in [0.05, 0.1) is 14.2 Å². The highest BCUT2D eigenvalue weighted by Gasteiger charge is 2.39. The van der Waals surface area contributed by atoms with E-state index in [1.807, 2.05) is 22.9 Å². The molecular formula is C26H28N4O3. The Morgan fingerprint density at radius 3 is 2.42 bits per heavy atom. The lowest BCUT2D eigenvalue weighted by Gasteiger charge is -2.35. The summed E-state index contributed by atoms with van der Waals surface area (Å²) < 4.78 is 12.7. The lowest BCUT2D eigenvalue weighted by atomic mass is 9.77. The van der Waals surface area contributed by atoms with E-state index in [0.717, 1.165) is 22.4 Å². The molecule has 5 rings (SSSR count). The molecule has 0 unspecified atom stereocenters. The number of ether oxygens (including phenoxy) is 2. The molecule has 0 amide bonds. The van der Waals surface area contributed by atoms with Crippen molar-refractivity contribution in [1.82, 2.24) is 14.8 Å². The molecule has 2 aromatic carbocycles. The van der Waals surface area contributed by atoms with E-state index >= 15 is 0 Å². The molecule has 1 aromatic heterocycles. The minimum Gasteiger partial charge on any atom is -0.493 e. The molecule has 1 N–H and O–H groups in total. The van der Waals surface area contributed by atoms with Crippen molar-refractivity contribution >= 4 is 11.7 Å². The van der Waals surface area contributed by atoms with Gasteiger partial charge in [-0.2, -0.15) is 10.1 Å². The Kier molecular flexibility index (Phi) is 5.40. The number of carbonyl (C=O) groups is 1. The molecule has 0 saturated carbocycles. The van der Waals surface area contributed by atoms with Crippen LogP contribution in [0, 0.1) is 0 Å². The van der Waals surface area contributed by atoms with Crippen LogP contribution in [0.5, 0.6) is 11.5 Å². The SMILES string of the molecule is COc1ccc([C@@H]2CC(=O)C3=C(C2)Nc2ncnn2[C@@H]3c2ccc(C(C)C)cc2)cc1OC. The molecule has 2 aliphatic rings. The van der Waals surface area contributed by atoms with E-state index in [0.29, 0.717) is 36.2 Å². The molecule has 0 spiro atoms. The number of allylic oxidation sites excluding steroid dienone is 2. The summed E-state index contributed by atoms with van der Waals surface area (Å²) in [5.41, 5.74) is 5.06. The third-order valence-electron chi connectivity index (χ3n) is 6.66. The largest absolute Gasteiger partial charge is 0.493 e. The highest BCUT2D eigenvalue weighted by atomic mass is 16.5. The van der Waals surface area contributed by atoms with Crippen molar-refractivity contribution < 1.29 is 14.3 Å². The molecule has 7 heteroatoms. The van der Waals surface area contributed by atoms with Crippen molar-refractivity contribution in [2.75, 3.05) is 19.5 Å². The van der Waals surface area contributed by atoms with Gasteiger partial charge in [-0.3, -0.25) is 4.79 Å². The number of carbonyl (C=O) groups excluding carboxylic acids is 1. The number of methoxy groups -OCH3 is 2. The molecule has 0 radical (unpaired) electrons. The van der Waals surface area contributed by atoms with Crippen molar-refractivity contribution in [3.8, 4) is 11.5 Å². The number of ketones is 1. The third kappa shape index (κ3) is 3.67. The van der Waals surface area contributed by atoms with Crippen LogP contribution in [0.2, 0.25) is 0 Å². The molecule has 170 valence electrons. The van der Waals surface area contributed by atoms with E-state index in [2.05, 4.69) is 53.5 Å². The first-order chi connectivity index (χ1) is 16.0. The zero-order valence-electron chi connectivity index (χ0n) is 19.3. The molecule has 0 fully saturated rings. The number of Topliss-reactive ketones (excluding diaryl/α,β-unsaturated/α-hetero) is 1. The maximum absolute atomic E-state index is 13.6. The van der Waals surface area contributed by atoms with E-state index in [4.69, 9.17) is 9.47 Å². The van der Waals surface area contributed by atoms with Gasteiger partial charge in [0.15, 0.2) is 17.3 Å². The predicted molar refractivity (Wildman–Crippen MR) is 126 cm³/mol. The number of anilines is 1. The van der Waals surface area contributed by atoms with Gasteiger partial charge >= 0.3 is 0 Å². The molecule has 0 saturated heterocycles. The molecule has 1 aliphatic heterocycles. The molecule has 3 aromatic rings. The van der Waals surface area contributed by atoms with Crippen molar-refractivity contribution in [2.24, 2.45) is 0 Å². The fourth-order valence-electron chi connectivity index (χ4n) is 4.87. The van der Waals surface area contributed by atoms with Gasteiger partial charge in [-0.25, -0.2) is 4.68 Å². The lowest BCUT2D eigenvalue weighted by molar-refractivity contribution is -0.116. The zero-order chi connectivity index (χ0) is 23.1. The molecule has 1 aliphatic carbocycles. The molecule has 0 bridgehead atoms. The summed E-state index contributed by atoms with van der Waals surface area (Å²) in [5, 5.41) is 7.82. The minimum absolute atomic E-state index is 0.0435. The van der Waals surface area contributed by atoms with Crippen molar-refractivity contribution in [2.45, 2.75) is 44.6 Å². The van der Waals surface area contributed by atoms with E-state index in [1.165, 1.54) is 11.9 Å². The number of nitrogens with one attached hydrogen (secondary N) is 1. The topological polar surface area (TPSA) is 78.3 Å². The van der Waals surface area contributed by atoms with Crippen LogP contribution in [-0.2, 0) is 4.79 Å². The summed E-state index contributed by atoms with van der Waals surface area (Å²) in [6.45, 7) is 4.35. The van der Waals surface area contributed by atoms with Crippen LogP contribution in [0.15, 0.2) is 60.1 Å². The molecule has 2 atom stereocenters. The van der Waals surface area contributed by atoms with Gasteiger partial charge in [-0.05, 0) is 47.1 Å². The Morgan fingerprint density at radius 2 is 1.73 bits per heavy atom. The van der Waals surface area contributed by atoms with Gasteiger partial charge in [0.1, 0.15) is 12.4 Å². The second kappa shape index (κ2) is 8.39. The monoisotopic (exact) mass is 444 g/mol. The number of nitrogens with zero attached hydrogens (tertiary/aromatic N) is 3. The summed E-state index contributed by atoms with van der Waals surface area (Å²) in [5.74, 6) is 2.62. The first kappa shape index (κ1) is 21.2. The third-order valence-corrected chi connectivity index (χ3v) is 6.66. The Morgan fingerprint density at radius 1 is 1.00 bits per heavy atom. The maximum atomic E-state index is 13.6. The number of aromatic nitrogens is 3. The normalized spacial score (nSPS) is 19.7. The van der Waals surface area contributed by atoms with Gasteiger partial charge in [-0.1, -0.05) is 44.2 Å². The summed E-state index contributed by atoms with van der Waals surface area (Å²) in [6, 6.07) is 14.1. The van der Waals surface area contributed by atoms with Gasteiger partial charge < -0.3 is 14.8 Å². The smallest absolute Gasteiger partial charge is 0.226 e. The van der Waals surface area contributed by atoms with E-state index in [1.54, 1.807) is 14.2 Å². The van der Waals surface area contributed by atoms with Crippen LogP contribution >= 0.6 is 0 Å². The number of fused-ring (bicyclic) bond motifs is 1. The fourth-order valence-corrected chi connectivity index (χ4v) is 4.87. The van der Waals surface area contributed by atoms with Crippen LogP contribution in [0.4, 0.5) is 5.95 Å². The zero-order valence-corrected chi connectivity index (χ0v) is 19.3. The summed E-state index contributed by atoms with van der Waals surface area (Å²) in [6.07, 6.45) is 2.68. The van der Waals surface area contributed by atoms with Crippen LogP contribution in [0.25, 0.3) is 0 Å². The highest BCUT2D eigenvalue weighted by molar-refractivity contribution is 6.00. The summed E-state index contributed by atoms with van der Waals surface area (Å²) in [7, 11) is 3.24. The average Bonchev–Trinajstić information content (AvgIpc) is 3.30. The molecule has 7 nitrogen and oxygen atoms in total. The van der Waals surface area contributed by atoms with Crippen LogP contribution in [-0.4, -0.2) is 34.8 Å². The van der Waals surface area contributed by atoms with Gasteiger partial charge in [-0.15, -0.1) is 0 Å². The van der Waals surface area contributed by atoms with Crippen LogP contribution in [0.1, 0.15) is 61.3 Å². The minimum atomic E-state index is -0.279. The Bertz CT molecular complexity index is 1230. The van der Waals surface area contributed by atoms with Crippen molar-refractivity contribution in [1.29, 1.82) is 0 Å². The van der Waals surface area contributed by atoms with Crippen molar-refractivity contribution in [3.63, 3.8) is 0 Å². The van der Waals surface area contributed by atoms with Crippen molar-refractivity contribution in [3.05, 3.63) is 76.8 Å². The molecule has 2 heterocycles. The second-order valence-corrected chi connectivity index (χ2v) is 8.91. The standard InChI is InChI=1S/C26H28N4O3/c1-15(2)16-5-7-17(8-6-16)25-24-20(29-26-27-14-28-30(25)26)11-19(12-21(24)31)18-9-10-22(32-3)23(13-18)33-4/h5-10,13-15,19,25H,11-12H2,1-4H3,(H,27,28,29)/t19-,25+/m0/s1. The number of hydrogen-bond donors (Lipinski definition) is 1. The Balaban J connectivity index is 1.53. The number of hydrogen-bond acceptors (Lipinski definition) is 6. The second-order valence-electron chi connectivity index (χ2n) is 8.91. The number of benzene rings is 2. The van der Waals surface area contributed by atoms with Crippen LogP contribution < -0.4 is 14.8 Å². The van der Waals surface area contributed by atoms with Gasteiger partial charge in [0, 0.05) is 17.7 Å². The Labute approximate surface area is 193 Å². The van der Waals surface area contributed by atoms with Crippen LogP contribution in [0.3, 0.4) is 0 Å². The lowest BCUT2D eigenvalue weighted by Crippen LogP contribution is -2.33. The first-order valence-electron chi connectivity index (χ1n) is 11.2. The number of rotatable bonds is 5. The van der Waals surface area contributed by atoms with E-state index in [-0.39, 0.29) is 17.7 Å². The molecular weight excluding hydrogens is 416 g/mol. The quantitative estimate of drug-likeness (QED) is 0.607. The molecule has 33 heavy (non-hydrogen) atoms. The first-order valence-corrected chi connectivity index (χ1v) is 11.2. The van der Waals surface area contributed by atoms with Gasteiger partial charge in [0.25, 0.3) is 0 Å². The Hall–Kier alpha value is -3.61. The van der Waals surface area contributed by atoms with Gasteiger partial charge in [0.2, 0.25) is 5.95 Å². The fraction of sp³-hybridized carbons (Fsp3) is 0.346. The maximum Gasteiger partial charge on any atom is 0.226 e. The van der Waals surface area contributed by atoms with E-state index < -0.39 is 0 Å². The summed E-state index contributed by atoms with van der Waals surface area (Å²) >= 11 is 0. The predicted octanol–water partition coefficient (Wildman–Crippen LogP) is 4.83. The van der Waals surface area contributed by atoms with E-state index in [9.17, 15) is 4.79 Å². The highest BCUT2D eigenvalue weighted by Crippen LogP contribution is 2.45.